The molecule has 0 atom stereocenters. The van der Waals surface area contributed by atoms with Gasteiger partial charge >= 0.3 is 6.61 Å². The number of nitrogens with zero attached hydrogens (tertiary/aromatic N) is 1. The molecule has 150 valence electrons. The van der Waals surface area contributed by atoms with Crippen LogP contribution in [0, 0.1) is 0 Å². The lowest BCUT2D eigenvalue weighted by molar-refractivity contribution is -0.114. The molecule has 0 aliphatic heterocycles. The lowest BCUT2D eigenvalue weighted by Gasteiger charge is -2.13. The Balaban J connectivity index is 1.80. The van der Waals surface area contributed by atoms with Crippen LogP contribution >= 0.6 is 11.3 Å². The molecule has 29 heavy (non-hydrogen) atoms. The number of anilines is 2. The third-order valence-corrected chi connectivity index (χ3v) is 4.55. The third kappa shape index (κ3) is 5.82. The fraction of sp³-hybridized carbons (Fsp3) is 0.150. The van der Waals surface area contributed by atoms with Crippen molar-refractivity contribution in [2.45, 2.75) is 20.0 Å². The Morgan fingerprint density at radius 1 is 1.14 bits per heavy atom. The molecular formula is C20H17F2N3O3S. The number of carbonyl (C=O) groups excluding carboxylic acids is 2. The molecule has 2 amide bonds. The summed E-state index contributed by atoms with van der Waals surface area (Å²) in [6.07, 6.45) is 0.357. The van der Waals surface area contributed by atoms with E-state index in [1.165, 1.54) is 24.4 Å². The highest BCUT2D eigenvalue weighted by Gasteiger charge is 2.15. The number of halogens is 2. The second-order valence-corrected chi connectivity index (χ2v) is 6.89. The van der Waals surface area contributed by atoms with Gasteiger partial charge in [0, 0.05) is 30.0 Å². The van der Waals surface area contributed by atoms with E-state index in [0.29, 0.717) is 22.8 Å². The molecule has 0 saturated heterocycles. The van der Waals surface area contributed by atoms with Crippen molar-refractivity contribution in [2.24, 2.45) is 0 Å². The first kappa shape index (κ1) is 20.4. The number of alkyl halides is 2. The van der Waals surface area contributed by atoms with Crippen LogP contribution in [-0.2, 0) is 11.2 Å². The minimum absolute atomic E-state index is 0.0449. The Bertz CT molecular complexity index is 1010. The largest absolute Gasteiger partial charge is 0.435 e. The maximum Gasteiger partial charge on any atom is 0.387 e. The summed E-state index contributed by atoms with van der Waals surface area (Å²) in [5.41, 5.74) is 1.97. The van der Waals surface area contributed by atoms with E-state index in [4.69, 9.17) is 0 Å². The van der Waals surface area contributed by atoms with E-state index in [2.05, 4.69) is 20.4 Å². The molecular weight excluding hydrogens is 400 g/mol. The van der Waals surface area contributed by atoms with Crippen molar-refractivity contribution in [3.05, 3.63) is 70.7 Å². The smallest absolute Gasteiger partial charge is 0.387 e. The minimum atomic E-state index is -2.95. The fourth-order valence-corrected chi connectivity index (χ4v) is 3.34. The van der Waals surface area contributed by atoms with Crippen LogP contribution in [0.25, 0.3) is 0 Å². The van der Waals surface area contributed by atoms with E-state index in [1.807, 2.05) is 30.3 Å². The topological polar surface area (TPSA) is 80.3 Å². The van der Waals surface area contributed by atoms with Crippen molar-refractivity contribution in [3.63, 3.8) is 0 Å². The van der Waals surface area contributed by atoms with Crippen molar-refractivity contribution in [1.82, 2.24) is 4.98 Å². The Kier molecular flexibility index (Phi) is 6.50. The molecule has 3 rings (SSSR count). The number of rotatable bonds is 7. The lowest BCUT2D eigenvalue weighted by Crippen LogP contribution is -2.13. The molecule has 0 fully saturated rings. The minimum Gasteiger partial charge on any atom is -0.435 e. The van der Waals surface area contributed by atoms with Gasteiger partial charge in [0.15, 0.2) is 5.13 Å². The predicted molar refractivity (Wildman–Crippen MR) is 107 cm³/mol. The highest BCUT2D eigenvalue weighted by molar-refractivity contribution is 7.14. The van der Waals surface area contributed by atoms with Crippen LogP contribution in [0.3, 0.4) is 0 Å². The first-order valence-corrected chi connectivity index (χ1v) is 9.45. The zero-order valence-electron chi connectivity index (χ0n) is 15.3. The monoisotopic (exact) mass is 417 g/mol. The number of thiazole rings is 1. The standard InChI is InChI=1S/C20H17F2N3O3S/c1-12(26)23-20-25-16(11-29-20)18(27)24-15-7-8-17(28-19(21)22)14(10-15)9-13-5-3-2-4-6-13/h2-8,10-11,19H,9H2,1H3,(H,24,27)(H,23,25,26). The first-order chi connectivity index (χ1) is 13.9. The number of carbonyl (C=O) groups is 2. The van der Waals surface area contributed by atoms with Gasteiger partial charge in [0.2, 0.25) is 5.91 Å². The molecule has 1 aromatic heterocycles. The summed E-state index contributed by atoms with van der Waals surface area (Å²) in [5.74, 6) is -0.721. The SMILES string of the molecule is CC(=O)Nc1nc(C(=O)Nc2ccc(OC(F)F)c(Cc3ccccc3)c2)cs1. The third-order valence-electron chi connectivity index (χ3n) is 3.79. The first-order valence-electron chi connectivity index (χ1n) is 8.57. The molecule has 2 aromatic carbocycles. The summed E-state index contributed by atoms with van der Waals surface area (Å²) < 4.78 is 30.1. The van der Waals surface area contributed by atoms with Gasteiger partial charge in [-0.05, 0) is 23.8 Å². The molecule has 0 unspecified atom stereocenters. The summed E-state index contributed by atoms with van der Waals surface area (Å²) in [4.78, 5) is 27.5. The highest BCUT2D eigenvalue weighted by Crippen LogP contribution is 2.27. The Morgan fingerprint density at radius 2 is 1.90 bits per heavy atom. The average Bonchev–Trinajstić information content (AvgIpc) is 3.12. The van der Waals surface area contributed by atoms with Crippen LogP contribution in [0.5, 0.6) is 5.75 Å². The second kappa shape index (κ2) is 9.24. The van der Waals surface area contributed by atoms with Gasteiger partial charge in [-0.2, -0.15) is 8.78 Å². The van der Waals surface area contributed by atoms with E-state index >= 15 is 0 Å². The lowest BCUT2D eigenvalue weighted by atomic mass is 10.0. The zero-order valence-corrected chi connectivity index (χ0v) is 16.1. The summed E-state index contributed by atoms with van der Waals surface area (Å²) in [6.45, 7) is -1.61. The van der Waals surface area contributed by atoms with Crippen molar-refractivity contribution >= 4 is 34.0 Å². The summed E-state index contributed by atoms with van der Waals surface area (Å²) >= 11 is 1.12. The van der Waals surface area contributed by atoms with Crippen LogP contribution in [0.15, 0.2) is 53.9 Å². The summed E-state index contributed by atoms with van der Waals surface area (Å²) in [7, 11) is 0. The number of nitrogens with one attached hydrogen (secondary N) is 2. The number of hydrogen-bond donors (Lipinski definition) is 2. The molecule has 0 aliphatic rings. The van der Waals surface area contributed by atoms with Gasteiger partial charge in [0.05, 0.1) is 0 Å². The zero-order chi connectivity index (χ0) is 20.8. The van der Waals surface area contributed by atoms with Crippen molar-refractivity contribution in [3.8, 4) is 5.75 Å². The molecule has 0 spiro atoms. The molecule has 6 nitrogen and oxygen atoms in total. The van der Waals surface area contributed by atoms with Gasteiger partial charge in [-0.15, -0.1) is 11.3 Å². The molecule has 2 N–H and O–H groups in total. The van der Waals surface area contributed by atoms with Crippen molar-refractivity contribution < 1.29 is 23.1 Å². The van der Waals surface area contributed by atoms with Crippen molar-refractivity contribution in [1.29, 1.82) is 0 Å². The normalized spacial score (nSPS) is 10.6. The molecule has 1 heterocycles. The van der Waals surface area contributed by atoms with Crippen LogP contribution in [0.4, 0.5) is 19.6 Å². The molecule has 0 bridgehead atoms. The maximum absolute atomic E-state index is 12.7. The quantitative estimate of drug-likeness (QED) is 0.591. The Labute approximate surface area is 169 Å². The van der Waals surface area contributed by atoms with Crippen LogP contribution in [0.1, 0.15) is 28.5 Å². The Morgan fingerprint density at radius 3 is 2.59 bits per heavy atom. The van der Waals surface area contributed by atoms with E-state index in [0.717, 1.165) is 16.9 Å². The second-order valence-electron chi connectivity index (χ2n) is 6.04. The number of aromatic nitrogens is 1. The van der Waals surface area contributed by atoms with E-state index in [-0.39, 0.29) is 17.4 Å². The molecule has 9 heteroatoms. The van der Waals surface area contributed by atoms with E-state index in [1.54, 1.807) is 6.07 Å². The predicted octanol–water partition coefficient (Wildman–Crippen LogP) is 4.55. The molecule has 3 aromatic rings. The Hall–Kier alpha value is -3.33. The van der Waals surface area contributed by atoms with E-state index < -0.39 is 12.5 Å². The van der Waals surface area contributed by atoms with Gasteiger partial charge in [-0.1, -0.05) is 30.3 Å². The number of ether oxygens (including phenoxy) is 1. The van der Waals surface area contributed by atoms with Crippen LogP contribution in [-0.4, -0.2) is 23.4 Å². The van der Waals surface area contributed by atoms with Gasteiger partial charge < -0.3 is 15.4 Å². The molecule has 0 radical (unpaired) electrons. The van der Waals surface area contributed by atoms with Crippen LogP contribution in [0.2, 0.25) is 0 Å². The number of benzene rings is 2. The van der Waals surface area contributed by atoms with Gasteiger partial charge in [0.1, 0.15) is 11.4 Å². The van der Waals surface area contributed by atoms with Crippen molar-refractivity contribution in [2.75, 3.05) is 10.6 Å². The average molecular weight is 417 g/mol. The fourth-order valence-electron chi connectivity index (χ4n) is 2.60. The highest BCUT2D eigenvalue weighted by atomic mass is 32.1. The maximum atomic E-state index is 12.7. The number of amides is 2. The molecule has 0 aliphatic carbocycles. The van der Waals surface area contributed by atoms with Crippen LogP contribution < -0.4 is 15.4 Å². The van der Waals surface area contributed by atoms with Gasteiger partial charge in [-0.3, -0.25) is 9.59 Å². The molecule has 0 saturated carbocycles. The van der Waals surface area contributed by atoms with E-state index in [9.17, 15) is 18.4 Å². The summed E-state index contributed by atoms with van der Waals surface area (Å²) in [6, 6.07) is 13.8. The van der Waals surface area contributed by atoms with Gasteiger partial charge in [0.25, 0.3) is 5.91 Å². The summed E-state index contributed by atoms with van der Waals surface area (Å²) in [5, 5.41) is 7.01. The van der Waals surface area contributed by atoms with Gasteiger partial charge in [-0.25, -0.2) is 4.98 Å². The number of hydrogen-bond acceptors (Lipinski definition) is 5.